The van der Waals surface area contributed by atoms with E-state index in [9.17, 15) is 0 Å². The predicted octanol–water partition coefficient (Wildman–Crippen LogP) is 5.34. The topological polar surface area (TPSA) is 12.0 Å². The summed E-state index contributed by atoms with van der Waals surface area (Å²) in [6, 6.07) is 16.8. The molecule has 2 unspecified atom stereocenters. The molecular weight excluding hydrogens is 278 g/mol. The van der Waals surface area contributed by atoms with Crippen LogP contribution in [-0.2, 0) is 0 Å². The molecule has 0 saturated carbocycles. The molecule has 2 aromatic rings. The van der Waals surface area contributed by atoms with Crippen LogP contribution in [0.4, 0.5) is 5.69 Å². The molecule has 0 fully saturated rings. The zero-order valence-electron chi connectivity index (χ0n) is 12.0. The third-order valence-corrected chi connectivity index (χ3v) is 4.08. The number of para-hydroxylation sites is 1. The molecule has 21 heavy (non-hydrogen) atoms. The van der Waals surface area contributed by atoms with Gasteiger partial charge in [-0.15, -0.1) is 0 Å². The number of aryl methyl sites for hydroxylation is 1. The van der Waals surface area contributed by atoms with Crippen LogP contribution in [0.2, 0.25) is 5.02 Å². The van der Waals surface area contributed by atoms with Crippen LogP contribution < -0.4 is 5.32 Å². The van der Waals surface area contributed by atoms with Crippen LogP contribution in [0.3, 0.4) is 0 Å². The van der Waals surface area contributed by atoms with Crippen LogP contribution in [0.1, 0.15) is 17.0 Å². The van der Waals surface area contributed by atoms with E-state index in [1.54, 1.807) is 0 Å². The minimum absolute atomic E-state index is 0.206. The number of nitrogens with one attached hydrogen (secondary N) is 1. The molecule has 0 radical (unpaired) electrons. The number of benzene rings is 2. The van der Waals surface area contributed by atoms with Gasteiger partial charge in [0.25, 0.3) is 0 Å². The van der Waals surface area contributed by atoms with Crippen LogP contribution in [0, 0.1) is 6.92 Å². The molecule has 0 saturated heterocycles. The lowest BCUT2D eigenvalue weighted by Gasteiger charge is -2.27. The summed E-state index contributed by atoms with van der Waals surface area (Å²) in [6.07, 6.45) is 8.56. The fraction of sp³-hybridized carbons (Fsp3) is 0.158. The molecule has 0 amide bonds. The zero-order chi connectivity index (χ0) is 14.7. The Labute approximate surface area is 131 Å². The molecule has 1 nitrogen and oxygen atoms in total. The summed E-state index contributed by atoms with van der Waals surface area (Å²) in [5, 5.41) is 4.41. The molecular formula is C19H18ClN. The molecule has 0 aliphatic heterocycles. The van der Waals surface area contributed by atoms with E-state index in [1.165, 1.54) is 5.56 Å². The summed E-state index contributed by atoms with van der Waals surface area (Å²) in [5.74, 6) is 0.239. The van der Waals surface area contributed by atoms with Crippen molar-refractivity contribution in [3.63, 3.8) is 0 Å². The molecule has 1 aliphatic rings. The Bertz CT molecular complexity index is 673. The van der Waals surface area contributed by atoms with Crippen molar-refractivity contribution in [3.05, 3.63) is 89.0 Å². The third kappa shape index (κ3) is 3.20. The first-order valence-electron chi connectivity index (χ1n) is 7.17. The number of allylic oxidation sites excluding steroid dienone is 2. The van der Waals surface area contributed by atoms with Gasteiger partial charge >= 0.3 is 0 Å². The van der Waals surface area contributed by atoms with Crippen LogP contribution in [0.5, 0.6) is 0 Å². The molecule has 0 spiro atoms. The highest BCUT2D eigenvalue weighted by atomic mass is 35.5. The second kappa shape index (κ2) is 6.19. The zero-order valence-corrected chi connectivity index (χ0v) is 12.7. The molecule has 1 aliphatic carbocycles. The Morgan fingerprint density at radius 3 is 2.48 bits per heavy atom. The first-order chi connectivity index (χ1) is 10.2. The lowest BCUT2D eigenvalue weighted by Crippen LogP contribution is -2.26. The van der Waals surface area contributed by atoms with Gasteiger partial charge in [0.05, 0.1) is 6.04 Å². The van der Waals surface area contributed by atoms with E-state index in [0.717, 1.165) is 16.3 Å². The first-order valence-corrected chi connectivity index (χ1v) is 7.54. The monoisotopic (exact) mass is 295 g/mol. The van der Waals surface area contributed by atoms with Gasteiger partial charge in [0.2, 0.25) is 0 Å². The highest BCUT2D eigenvalue weighted by Crippen LogP contribution is 2.32. The van der Waals surface area contributed by atoms with Gasteiger partial charge in [0, 0.05) is 16.6 Å². The average molecular weight is 296 g/mol. The quantitative estimate of drug-likeness (QED) is 0.806. The van der Waals surface area contributed by atoms with E-state index in [1.807, 2.05) is 24.3 Å². The smallest absolute Gasteiger partial charge is 0.0551 e. The SMILES string of the molecule is Cc1ccc(C2C=CC=CC2Nc2ccccc2)c(Cl)c1. The van der Waals surface area contributed by atoms with Crippen molar-refractivity contribution in [1.29, 1.82) is 0 Å². The molecule has 2 aromatic carbocycles. The largest absolute Gasteiger partial charge is 0.378 e. The van der Waals surface area contributed by atoms with Crippen LogP contribution in [0.25, 0.3) is 0 Å². The van der Waals surface area contributed by atoms with E-state index in [4.69, 9.17) is 11.6 Å². The second-order valence-electron chi connectivity index (χ2n) is 5.36. The van der Waals surface area contributed by atoms with Gasteiger partial charge in [-0.2, -0.15) is 0 Å². The van der Waals surface area contributed by atoms with Crippen molar-refractivity contribution >= 4 is 17.3 Å². The van der Waals surface area contributed by atoms with Crippen LogP contribution in [-0.4, -0.2) is 6.04 Å². The van der Waals surface area contributed by atoms with E-state index in [0.29, 0.717) is 0 Å². The molecule has 3 rings (SSSR count). The first kappa shape index (κ1) is 14.0. The fourth-order valence-corrected chi connectivity index (χ4v) is 3.03. The van der Waals surface area contributed by atoms with Gasteiger partial charge in [-0.25, -0.2) is 0 Å². The molecule has 2 heteroatoms. The van der Waals surface area contributed by atoms with Crippen molar-refractivity contribution in [2.75, 3.05) is 5.32 Å². The number of halogens is 1. The normalized spacial score (nSPS) is 20.5. The van der Waals surface area contributed by atoms with Gasteiger partial charge in [-0.1, -0.05) is 66.2 Å². The number of anilines is 1. The van der Waals surface area contributed by atoms with Crippen molar-refractivity contribution < 1.29 is 0 Å². The fourth-order valence-electron chi connectivity index (χ4n) is 2.67. The Hall–Kier alpha value is -1.99. The summed E-state index contributed by atoms with van der Waals surface area (Å²) in [4.78, 5) is 0. The molecule has 0 aromatic heterocycles. The lowest BCUT2D eigenvalue weighted by molar-refractivity contribution is 0.756. The minimum atomic E-state index is 0.206. The summed E-state index contributed by atoms with van der Waals surface area (Å²) in [7, 11) is 0. The van der Waals surface area contributed by atoms with Gasteiger partial charge in [-0.3, -0.25) is 0 Å². The Morgan fingerprint density at radius 2 is 1.71 bits per heavy atom. The Morgan fingerprint density at radius 1 is 0.952 bits per heavy atom. The molecule has 1 N–H and O–H groups in total. The van der Waals surface area contributed by atoms with Gasteiger partial charge in [0.1, 0.15) is 0 Å². The summed E-state index contributed by atoms with van der Waals surface area (Å²) >= 11 is 6.45. The number of rotatable bonds is 3. The maximum Gasteiger partial charge on any atom is 0.0551 e. The molecule has 0 heterocycles. The summed E-state index contributed by atoms with van der Waals surface area (Å²) in [5.41, 5.74) is 3.47. The van der Waals surface area contributed by atoms with Crippen molar-refractivity contribution in [2.45, 2.75) is 18.9 Å². The summed E-state index contributed by atoms with van der Waals surface area (Å²) in [6.45, 7) is 2.06. The van der Waals surface area contributed by atoms with E-state index >= 15 is 0 Å². The highest BCUT2D eigenvalue weighted by Gasteiger charge is 2.22. The molecule has 2 atom stereocenters. The van der Waals surface area contributed by atoms with E-state index in [2.05, 4.69) is 60.8 Å². The maximum absolute atomic E-state index is 6.45. The van der Waals surface area contributed by atoms with Crippen LogP contribution >= 0.6 is 11.6 Å². The second-order valence-corrected chi connectivity index (χ2v) is 5.76. The predicted molar refractivity (Wildman–Crippen MR) is 91.1 cm³/mol. The number of hydrogen-bond donors (Lipinski definition) is 1. The highest BCUT2D eigenvalue weighted by molar-refractivity contribution is 6.31. The number of hydrogen-bond acceptors (Lipinski definition) is 1. The van der Waals surface area contributed by atoms with E-state index in [-0.39, 0.29) is 12.0 Å². The summed E-state index contributed by atoms with van der Waals surface area (Å²) < 4.78 is 0. The molecule has 0 bridgehead atoms. The standard InChI is InChI=1S/C19H18ClN/c1-14-11-12-16(18(20)13-14)17-9-5-6-10-19(17)21-15-7-3-2-4-8-15/h2-13,17,19,21H,1H3. The van der Waals surface area contributed by atoms with Gasteiger partial charge < -0.3 is 5.32 Å². The molecule has 106 valence electrons. The van der Waals surface area contributed by atoms with Crippen molar-refractivity contribution in [1.82, 2.24) is 0 Å². The van der Waals surface area contributed by atoms with Crippen molar-refractivity contribution in [3.8, 4) is 0 Å². The van der Waals surface area contributed by atoms with Gasteiger partial charge in [-0.05, 0) is 36.2 Å². The average Bonchev–Trinajstić information content (AvgIpc) is 2.49. The Kier molecular flexibility index (Phi) is 4.12. The maximum atomic E-state index is 6.45. The minimum Gasteiger partial charge on any atom is -0.378 e. The van der Waals surface area contributed by atoms with Crippen LogP contribution in [0.15, 0.2) is 72.8 Å². The van der Waals surface area contributed by atoms with Crippen molar-refractivity contribution in [2.24, 2.45) is 0 Å². The Balaban J connectivity index is 1.88. The third-order valence-electron chi connectivity index (χ3n) is 3.76. The van der Waals surface area contributed by atoms with Gasteiger partial charge in [0.15, 0.2) is 0 Å². The van der Waals surface area contributed by atoms with E-state index < -0.39 is 0 Å². The lowest BCUT2D eigenvalue weighted by atomic mass is 9.87.